The second kappa shape index (κ2) is 8.08. The number of nitrogens with one attached hydrogen (secondary N) is 1. The van der Waals surface area contributed by atoms with Crippen LogP contribution in [0.1, 0.15) is 23.1 Å². The highest BCUT2D eigenvalue weighted by Gasteiger charge is 2.17. The minimum atomic E-state index is -3.56. The van der Waals surface area contributed by atoms with Crippen molar-refractivity contribution in [3.63, 3.8) is 0 Å². The molecular weight excluding hydrogens is 318 g/mol. The smallest absolute Gasteiger partial charge is 0.207 e. The van der Waals surface area contributed by atoms with Gasteiger partial charge in [-0.2, -0.15) is 0 Å². The Kier molecular flexibility index (Phi) is 6.12. The molecule has 0 aliphatic rings. The Morgan fingerprint density at radius 3 is 2.08 bits per heavy atom. The van der Waals surface area contributed by atoms with Crippen LogP contribution >= 0.6 is 0 Å². The van der Waals surface area contributed by atoms with Crippen LogP contribution in [0.5, 0.6) is 0 Å². The molecule has 0 fully saturated rings. The molecule has 1 atom stereocenters. The molecule has 2 aromatic rings. The molecule has 2 aromatic carbocycles. The molecule has 0 saturated heterocycles. The third-order valence-electron chi connectivity index (χ3n) is 3.66. The molecule has 126 valence electrons. The predicted octanol–water partition coefficient (Wildman–Crippen LogP) is 4.24. The Hall–Kier alpha value is -2.17. The summed E-state index contributed by atoms with van der Waals surface area (Å²) in [6.45, 7) is 7.67. The van der Waals surface area contributed by atoms with Gasteiger partial charge in [0.25, 0.3) is 0 Å². The van der Waals surface area contributed by atoms with Crippen LogP contribution in [0.2, 0.25) is 0 Å². The van der Waals surface area contributed by atoms with Crippen LogP contribution in [0.3, 0.4) is 0 Å². The second-order valence-electron chi connectivity index (χ2n) is 5.84. The van der Waals surface area contributed by atoms with Crippen molar-refractivity contribution in [3.05, 3.63) is 84.0 Å². The Morgan fingerprint density at radius 2 is 1.54 bits per heavy atom. The summed E-state index contributed by atoms with van der Waals surface area (Å²) in [6.07, 6.45) is 6.01. The van der Waals surface area contributed by atoms with Crippen LogP contribution < -0.4 is 4.72 Å². The quantitative estimate of drug-likeness (QED) is 0.766. The molecule has 3 nitrogen and oxygen atoms in total. The number of aryl methyl sites for hydroxylation is 2. The van der Waals surface area contributed by atoms with Crippen LogP contribution in [-0.4, -0.2) is 14.5 Å². The lowest BCUT2D eigenvalue weighted by Crippen LogP contribution is -2.33. The van der Waals surface area contributed by atoms with E-state index in [0.717, 1.165) is 11.1 Å². The lowest BCUT2D eigenvalue weighted by molar-refractivity contribution is 0.571. The molecule has 0 aliphatic heterocycles. The maximum absolute atomic E-state index is 12.5. The lowest BCUT2D eigenvalue weighted by Gasteiger charge is -2.14. The van der Waals surface area contributed by atoms with E-state index in [0.29, 0.717) is 6.42 Å². The van der Waals surface area contributed by atoms with Gasteiger partial charge in [0.2, 0.25) is 10.0 Å². The summed E-state index contributed by atoms with van der Waals surface area (Å²) >= 11 is 0. The summed E-state index contributed by atoms with van der Waals surface area (Å²) in [6, 6.07) is 14.5. The Bertz CT molecular complexity index is 804. The largest absolute Gasteiger partial charge is 0.241 e. The molecular formula is C20H23NO2S. The fourth-order valence-electron chi connectivity index (χ4n) is 2.24. The van der Waals surface area contributed by atoms with E-state index in [2.05, 4.69) is 11.3 Å². The van der Waals surface area contributed by atoms with E-state index in [4.69, 9.17) is 0 Å². The maximum Gasteiger partial charge on any atom is 0.241 e. The molecule has 0 radical (unpaired) electrons. The highest BCUT2D eigenvalue weighted by atomic mass is 32.2. The summed E-state index contributed by atoms with van der Waals surface area (Å²) in [5.41, 5.74) is 3.25. The van der Waals surface area contributed by atoms with E-state index in [1.165, 1.54) is 5.56 Å². The molecule has 4 heteroatoms. The number of benzene rings is 2. The first-order chi connectivity index (χ1) is 11.4. The van der Waals surface area contributed by atoms with Gasteiger partial charge < -0.3 is 0 Å². The van der Waals surface area contributed by atoms with E-state index in [9.17, 15) is 8.42 Å². The normalized spacial score (nSPS) is 13.1. The SMILES string of the molecule is C=CCC(/C=C/c1ccc(C)cc1)NS(=O)(=O)c1ccc(C)cc1. The van der Waals surface area contributed by atoms with Crippen molar-refractivity contribution in [1.82, 2.24) is 4.72 Å². The van der Waals surface area contributed by atoms with Crippen molar-refractivity contribution in [1.29, 1.82) is 0 Å². The molecule has 0 aliphatic carbocycles. The number of hydrogen-bond donors (Lipinski definition) is 1. The number of rotatable bonds is 7. The summed E-state index contributed by atoms with van der Waals surface area (Å²) < 4.78 is 27.7. The number of hydrogen-bond acceptors (Lipinski definition) is 2. The molecule has 1 unspecified atom stereocenters. The van der Waals surface area contributed by atoms with Crippen LogP contribution in [-0.2, 0) is 10.0 Å². The van der Waals surface area contributed by atoms with Crippen LogP contribution in [0.15, 0.2) is 72.2 Å². The van der Waals surface area contributed by atoms with Gasteiger partial charge in [-0.05, 0) is 38.0 Å². The van der Waals surface area contributed by atoms with Gasteiger partial charge in [0.05, 0.1) is 4.90 Å². The molecule has 2 rings (SSSR count). The Balaban J connectivity index is 2.16. The fourth-order valence-corrected chi connectivity index (χ4v) is 3.44. The zero-order valence-electron chi connectivity index (χ0n) is 14.1. The third kappa shape index (κ3) is 5.18. The minimum absolute atomic E-state index is 0.269. The van der Waals surface area contributed by atoms with Gasteiger partial charge in [0, 0.05) is 6.04 Å². The highest BCUT2D eigenvalue weighted by molar-refractivity contribution is 7.89. The van der Waals surface area contributed by atoms with E-state index in [-0.39, 0.29) is 10.9 Å². The zero-order chi connectivity index (χ0) is 17.6. The van der Waals surface area contributed by atoms with Crippen molar-refractivity contribution in [2.45, 2.75) is 31.2 Å². The van der Waals surface area contributed by atoms with Gasteiger partial charge in [-0.1, -0.05) is 65.8 Å². The summed E-state index contributed by atoms with van der Waals surface area (Å²) in [5, 5.41) is 0. The fraction of sp³-hybridized carbons (Fsp3) is 0.200. The molecule has 0 spiro atoms. The monoisotopic (exact) mass is 341 g/mol. The molecule has 0 aromatic heterocycles. The van der Waals surface area contributed by atoms with Crippen LogP contribution in [0, 0.1) is 13.8 Å². The van der Waals surface area contributed by atoms with Crippen LogP contribution in [0.25, 0.3) is 6.08 Å². The van der Waals surface area contributed by atoms with Gasteiger partial charge in [-0.25, -0.2) is 13.1 Å². The van der Waals surface area contributed by atoms with Crippen molar-refractivity contribution in [3.8, 4) is 0 Å². The van der Waals surface area contributed by atoms with Crippen molar-refractivity contribution in [2.75, 3.05) is 0 Å². The average Bonchev–Trinajstić information content (AvgIpc) is 2.54. The average molecular weight is 341 g/mol. The van der Waals surface area contributed by atoms with Gasteiger partial charge in [0.15, 0.2) is 0 Å². The molecule has 24 heavy (non-hydrogen) atoms. The van der Waals surface area contributed by atoms with Gasteiger partial charge >= 0.3 is 0 Å². The summed E-state index contributed by atoms with van der Waals surface area (Å²) in [5.74, 6) is 0. The van der Waals surface area contributed by atoms with Gasteiger partial charge in [0.1, 0.15) is 0 Å². The molecule has 0 heterocycles. The highest BCUT2D eigenvalue weighted by Crippen LogP contribution is 2.13. The predicted molar refractivity (Wildman–Crippen MR) is 100 cm³/mol. The first-order valence-electron chi connectivity index (χ1n) is 7.85. The molecule has 0 saturated carbocycles. The van der Waals surface area contributed by atoms with E-state index < -0.39 is 10.0 Å². The van der Waals surface area contributed by atoms with Crippen LogP contribution in [0.4, 0.5) is 0 Å². The lowest BCUT2D eigenvalue weighted by atomic mass is 10.1. The number of sulfonamides is 1. The molecule has 1 N–H and O–H groups in total. The minimum Gasteiger partial charge on any atom is -0.207 e. The first-order valence-corrected chi connectivity index (χ1v) is 9.34. The summed E-state index contributed by atoms with van der Waals surface area (Å²) in [4.78, 5) is 0.269. The maximum atomic E-state index is 12.5. The first kappa shape index (κ1) is 18.2. The topological polar surface area (TPSA) is 46.2 Å². The van der Waals surface area contributed by atoms with Gasteiger partial charge in [-0.15, -0.1) is 6.58 Å². The van der Waals surface area contributed by atoms with E-state index in [1.807, 2.05) is 50.3 Å². The van der Waals surface area contributed by atoms with E-state index in [1.54, 1.807) is 30.3 Å². The van der Waals surface area contributed by atoms with Crippen molar-refractivity contribution in [2.24, 2.45) is 0 Å². The van der Waals surface area contributed by atoms with E-state index >= 15 is 0 Å². The van der Waals surface area contributed by atoms with Crippen molar-refractivity contribution >= 4 is 16.1 Å². The Labute approximate surface area is 144 Å². The molecule has 0 amide bonds. The molecule has 0 bridgehead atoms. The summed E-state index contributed by atoms with van der Waals surface area (Å²) in [7, 11) is -3.56. The second-order valence-corrected chi connectivity index (χ2v) is 7.55. The standard InChI is InChI=1S/C20H23NO2S/c1-4-5-19(13-12-18-10-6-16(2)7-11-18)21-24(22,23)20-14-8-17(3)9-15-20/h4,6-15,19,21H,1,5H2,2-3H3/b13-12+. The van der Waals surface area contributed by atoms with Gasteiger partial charge in [-0.3, -0.25) is 0 Å². The zero-order valence-corrected chi connectivity index (χ0v) is 14.9. The Morgan fingerprint density at radius 1 is 1.00 bits per heavy atom. The van der Waals surface area contributed by atoms with Crippen molar-refractivity contribution < 1.29 is 8.42 Å². The third-order valence-corrected chi connectivity index (χ3v) is 5.16.